The molecule has 0 aromatic heterocycles. The summed E-state index contributed by atoms with van der Waals surface area (Å²) >= 11 is 6.10. The summed E-state index contributed by atoms with van der Waals surface area (Å²) in [6, 6.07) is 9.06. The van der Waals surface area contributed by atoms with E-state index in [4.69, 9.17) is 16.3 Å². The lowest BCUT2D eigenvalue weighted by molar-refractivity contribution is 0.0892. The van der Waals surface area contributed by atoms with Crippen molar-refractivity contribution in [2.24, 2.45) is 5.92 Å². The van der Waals surface area contributed by atoms with Crippen LogP contribution in [0.5, 0.6) is 0 Å². The lowest BCUT2D eigenvalue weighted by atomic mass is 9.92. The van der Waals surface area contributed by atoms with Gasteiger partial charge >= 0.3 is 0 Å². The highest BCUT2D eigenvalue weighted by Gasteiger charge is 2.25. The second kappa shape index (κ2) is 6.93. The zero-order chi connectivity index (χ0) is 13.8. The Labute approximate surface area is 126 Å². The van der Waals surface area contributed by atoms with Crippen LogP contribution in [-0.4, -0.2) is 25.3 Å². The van der Waals surface area contributed by atoms with Gasteiger partial charge in [-0.25, -0.2) is 0 Å². The molecule has 2 nitrogen and oxygen atoms in total. The first-order valence-electron chi connectivity index (χ1n) is 7.89. The molecule has 3 heteroatoms. The van der Waals surface area contributed by atoms with Crippen LogP contribution in [0.4, 0.5) is 0 Å². The van der Waals surface area contributed by atoms with Crippen LogP contribution in [0.3, 0.4) is 0 Å². The monoisotopic (exact) mass is 293 g/mol. The van der Waals surface area contributed by atoms with Crippen LogP contribution < -0.4 is 5.32 Å². The van der Waals surface area contributed by atoms with E-state index in [1.165, 1.54) is 37.7 Å². The maximum absolute atomic E-state index is 6.10. The zero-order valence-corrected chi connectivity index (χ0v) is 12.7. The van der Waals surface area contributed by atoms with Crippen LogP contribution in [0.15, 0.2) is 24.3 Å². The SMILES string of the molecule is Clc1cccc(CC(CNC2CC2)CC2CCCO2)c1. The molecule has 0 spiro atoms. The van der Waals surface area contributed by atoms with Crippen LogP contribution in [0.25, 0.3) is 0 Å². The van der Waals surface area contributed by atoms with Crippen molar-refractivity contribution in [3.63, 3.8) is 0 Å². The van der Waals surface area contributed by atoms with E-state index in [2.05, 4.69) is 23.5 Å². The van der Waals surface area contributed by atoms with Gasteiger partial charge in [0.1, 0.15) is 0 Å². The Morgan fingerprint density at radius 1 is 1.30 bits per heavy atom. The fourth-order valence-electron chi connectivity index (χ4n) is 3.06. The molecule has 3 rings (SSSR count). The second-order valence-electron chi connectivity index (χ2n) is 6.25. The molecule has 1 N–H and O–H groups in total. The zero-order valence-electron chi connectivity index (χ0n) is 12.0. The van der Waals surface area contributed by atoms with Gasteiger partial charge < -0.3 is 10.1 Å². The van der Waals surface area contributed by atoms with Crippen molar-refractivity contribution < 1.29 is 4.74 Å². The molecular weight excluding hydrogens is 270 g/mol. The molecule has 0 bridgehead atoms. The van der Waals surface area contributed by atoms with E-state index >= 15 is 0 Å². The Morgan fingerprint density at radius 3 is 2.90 bits per heavy atom. The molecule has 20 heavy (non-hydrogen) atoms. The molecule has 2 aliphatic rings. The minimum atomic E-state index is 0.472. The molecule has 1 aliphatic carbocycles. The Bertz CT molecular complexity index is 427. The molecule has 1 saturated heterocycles. The summed E-state index contributed by atoms with van der Waals surface area (Å²) < 4.78 is 5.81. The molecular formula is C17H24ClNO. The molecule has 1 saturated carbocycles. The maximum atomic E-state index is 6.10. The summed E-state index contributed by atoms with van der Waals surface area (Å²) in [5.74, 6) is 0.650. The quantitative estimate of drug-likeness (QED) is 0.825. The van der Waals surface area contributed by atoms with E-state index in [1.807, 2.05) is 6.07 Å². The fraction of sp³-hybridized carbons (Fsp3) is 0.647. The predicted octanol–water partition coefficient (Wildman–Crippen LogP) is 3.82. The highest BCUT2D eigenvalue weighted by molar-refractivity contribution is 6.30. The van der Waals surface area contributed by atoms with Crippen molar-refractivity contribution in [1.82, 2.24) is 5.32 Å². The van der Waals surface area contributed by atoms with Gasteiger partial charge in [0.25, 0.3) is 0 Å². The summed E-state index contributed by atoms with van der Waals surface area (Å²) in [6.07, 6.45) is 7.90. The summed E-state index contributed by atoms with van der Waals surface area (Å²) in [7, 11) is 0. The highest BCUT2D eigenvalue weighted by atomic mass is 35.5. The average Bonchev–Trinajstić information content (AvgIpc) is 3.12. The second-order valence-corrected chi connectivity index (χ2v) is 6.69. The highest BCUT2D eigenvalue weighted by Crippen LogP contribution is 2.25. The van der Waals surface area contributed by atoms with Gasteiger partial charge in [0, 0.05) is 17.7 Å². The number of ether oxygens (including phenoxy) is 1. The van der Waals surface area contributed by atoms with Crippen LogP contribution in [0.1, 0.15) is 37.7 Å². The third-order valence-corrected chi connectivity index (χ3v) is 4.54. The Balaban J connectivity index is 1.57. The topological polar surface area (TPSA) is 21.3 Å². The van der Waals surface area contributed by atoms with Crippen molar-refractivity contribution in [3.05, 3.63) is 34.9 Å². The summed E-state index contributed by atoms with van der Waals surface area (Å²) in [6.45, 7) is 2.06. The molecule has 1 aromatic rings. The normalized spacial score (nSPS) is 23.9. The fourth-order valence-corrected chi connectivity index (χ4v) is 3.27. The van der Waals surface area contributed by atoms with E-state index in [0.29, 0.717) is 12.0 Å². The van der Waals surface area contributed by atoms with Crippen molar-refractivity contribution >= 4 is 11.6 Å². The Morgan fingerprint density at radius 2 is 2.20 bits per heavy atom. The van der Waals surface area contributed by atoms with Gasteiger partial charge in [0.15, 0.2) is 0 Å². The Hall–Kier alpha value is -0.570. The van der Waals surface area contributed by atoms with E-state index < -0.39 is 0 Å². The van der Waals surface area contributed by atoms with E-state index in [1.54, 1.807) is 0 Å². The first-order valence-corrected chi connectivity index (χ1v) is 8.27. The molecule has 0 amide bonds. The summed E-state index contributed by atoms with van der Waals surface area (Å²) in [4.78, 5) is 0. The van der Waals surface area contributed by atoms with Gasteiger partial charge in [-0.05, 0) is 68.7 Å². The smallest absolute Gasteiger partial charge is 0.0579 e. The molecule has 110 valence electrons. The van der Waals surface area contributed by atoms with Crippen LogP contribution in [0, 0.1) is 5.92 Å². The minimum absolute atomic E-state index is 0.472. The van der Waals surface area contributed by atoms with Gasteiger partial charge in [-0.1, -0.05) is 23.7 Å². The lowest BCUT2D eigenvalue weighted by Gasteiger charge is -2.21. The molecule has 0 radical (unpaired) electrons. The minimum Gasteiger partial charge on any atom is -0.378 e. The molecule has 2 atom stereocenters. The summed E-state index contributed by atoms with van der Waals surface area (Å²) in [5.41, 5.74) is 1.35. The Kier molecular flexibility index (Phi) is 4.98. The third-order valence-electron chi connectivity index (χ3n) is 4.31. The third kappa shape index (κ3) is 4.47. The number of halogens is 1. The van der Waals surface area contributed by atoms with E-state index in [-0.39, 0.29) is 0 Å². The largest absolute Gasteiger partial charge is 0.378 e. The van der Waals surface area contributed by atoms with Crippen molar-refractivity contribution in [3.8, 4) is 0 Å². The maximum Gasteiger partial charge on any atom is 0.0579 e. The van der Waals surface area contributed by atoms with Gasteiger partial charge in [-0.2, -0.15) is 0 Å². The van der Waals surface area contributed by atoms with E-state index in [9.17, 15) is 0 Å². The molecule has 1 aliphatic heterocycles. The first kappa shape index (κ1) is 14.4. The first-order chi connectivity index (χ1) is 9.79. The average molecular weight is 294 g/mol. The van der Waals surface area contributed by atoms with Gasteiger partial charge in [-0.3, -0.25) is 0 Å². The standard InChI is InChI=1S/C17H24ClNO/c18-15-4-1-3-13(10-15)9-14(12-19-16-6-7-16)11-17-5-2-8-20-17/h1,3-4,10,14,16-17,19H,2,5-9,11-12H2. The molecule has 2 fully saturated rings. The van der Waals surface area contributed by atoms with Crippen molar-refractivity contribution in [2.75, 3.05) is 13.2 Å². The van der Waals surface area contributed by atoms with Crippen LogP contribution in [-0.2, 0) is 11.2 Å². The number of hydrogen-bond acceptors (Lipinski definition) is 2. The van der Waals surface area contributed by atoms with E-state index in [0.717, 1.165) is 30.6 Å². The van der Waals surface area contributed by atoms with Gasteiger partial charge in [0.2, 0.25) is 0 Å². The predicted molar refractivity (Wildman–Crippen MR) is 83.3 cm³/mol. The number of benzene rings is 1. The summed E-state index contributed by atoms with van der Waals surface area (Å²) in [5, 5.41) is 4.52. The number of hydrogen-bond donors (Lipinski definition) is 1. The van der Waals surface area contributed by atoms with Crippen LogP contribution >= 0.6 is 11.6 Å². The molecule has 1 aromatic carbocycles. The van der Waals surface area contributed by atoms with Crippen LogP contribution in [0.2, 0.25) is 5.02 Å². The molecule has 2 unspecified atom stereocenters. The lowest BCUT2D eigenvalue weighted by Crippen LogP contribution is -2.28. The van der Waals surface area contributed by atoms with Crippen molar-refractivity contribution in [1.29, 1.82) is 0 Å². The van der Waals surface area contributed by atoms with Gasteiger partial charge in [-0.15, -0.1) is 0 Å². The van der Waals surface area contributed by atoms with Gasteiger partial charge in [0.05, 0.1) is 6.10 Å². The molecule has 1 heterocycles. The number of nitrogens with one attached hydrogen (secondary N) is 1. The van der Waals surface area contributed by atoms with Crippen molar-refractivity contribution in [2.45, 2.75) is 50.7 Å². The number of rotatable bonds is 7.